The topological polar surface area (TPSA) is 73.6 Å². The first kappa shape index (κ1) is 21.5. The van der Waals surface area contributed by atoms with E-state index in [2.05, 4.69) is 31.2 Å². The fourth-order valence-corrected chi connectivity index (χ4v) is 2.48. The van der Waals surface area contributed by atoms with E-state index in [0.717, 1.165) is 18.5 Å². The van der Waals surface area contributed by atoms with Gasteiger partial charge in [0.25, 0.3) is 5.91 Å². The Morgan fingerprint density at radius 1 is 1.20 bits per heavy atom. The third-order valence-corrected chi connectivity index (χ3v) is 4.58. The summed E-state index contributed by atoms with van der Waals surface area (Å²) < 4.78 is 15.8. The number of benzene rings is 1. The number of hydrogen-bond acceptors (Lipinski definition) is 5. The van der Waals surface area contributed by atoms with Crippen molar-refractivity contribution in [2.45, 2.75) is 39.0 Å². The Bertz CT molecular complexity index is 689. The number of ether oxygens (including phenoxy) is 2. The third kappa shape index (κ3) is 4.57. The van der Waals surface area contributed by atoms with Crippen LogP contribution in [0.3, 0.4) is 0 Å². The van der Waals surface area contributed by atoms with Crippen LogP contribution in [0.2, 0.25) is 0 Å². The van der Waals surface area contributed by atoms with E-state index in [4.69, 9.17) is 14.0 Å². The molecule has 0 radical (unpaired) electrons. The molecule has 0 saturated heterocycles. The van der Waals surface area contributed by atoms with Gasteiger partial charge in [0, 0.05) is 11.5 Å². The van der Waals surface area contributed by atoms with Gasteiger partial charge in [-0.2, -0.15) is 0 Å². The van der Waals surface area contributed by atoms with Crippen LogP contribution in [0.4, 0.5) is 5.88 Å². The molecule has 2 aromatic rings. The van der Waals surface area contributed by atoms with Gasteiger partial charge >= 0.3 is 29.6 Å². The van der Waals surface area contributed by atoms with Gasteiger partial charge in [0.2, 0.25) is 5.88 Å². The predicted octanol–water partition coefficient (Wildman–Crippen LogP) is 3.37. The maximum absolute atomic E-state index is 12.6. The monoisotopic (exact) mass is 356 g/mol. The zero-order valence-corrected chi connectivity index (χ0v) is 14.8. The van der Waals surface area contributed by atoms with Crippen LogP contribution in [-0.4, -0.2) is 54.8 Å². The zero-order chi connectivity index (χ0) is 17.7. The summed E-state index contributed by atoms with van der Waals surface area (Å²) in [6.07, 6.45) is 1.87. The number of amides is 1. The van der Waals surface area contributed by atoms with Gasteiger partial charge in [0.05, 0.1) is 19.9 Å². The molecule has 1 heterocycles. The number of nitrogens with one attached hydrogen (secondary N) is 1. The molecule has 0 bridgehead atoms. The summed E-state index contributed by atoms with van der Waals surface area (Å²) in [4.78, 5) is 12.6. The number of rotatable bonds is 7. The first-order valence-corrected chi connectivity index (χ1v) is 7.98. The van der Waals surface area contributed by atoms with Crippen LogP contribution < -0.4 is 14.8 Å². The van der Waals surface area contributed by atoms with Gasteiger partial charge in [0.1, 0.15) is 17.1 Å². The van der Waals surface area contributed by atoms with Crippen LogP contribution in [0, 0.1) is 0 Å². The zero-order valence-electron chi connectivity index (χ0n) is 14.8. The Kier molecular flexibility index (Phi) is 7.99. The average molecular weight is 356 g/mol. The van der Waals surface area contributed by atoms with E-state index >= 15 is 0 Å². The fourth-order valence-electron chi connectivity index (χ4n) is 2.48. The van der Waals surface area contributed by atoms with Crippen molar-refractivity contribution in [1.82, 2.24) is 5.16 Å². The number of hydrogen-bond donors (Lipinski definition) is 1. The molecular formula is C18H25N2NaO4. The molecule has 1 aromatic heterocycles. The van der Waals surface area contributed by atoms with E-state index in [-0.39, 0.29) is 40.9 Å². The van der Waals surface area contributed by atoms with Crippen molar-refractivity contribution in [1.29, 1.82) is 0 Å². The fraction of sp³-hybridized carbons (Fsp3) is 0.444. The number of anilines is 1. The first-order valence-electron chi connectivity index (χ1n) is 7.98. The Morgan fingerprint density at radius 2 is 1.76 bits per heavy atom. The second-order valence-electron chi connectivity index (χ2n) is 5.84. The van der Waals surface area contributed by atoms with E-state index < -0.39 is 0 Å². The van der Waals surface area contributed by atoms with E-state index in [1.54, 1.807) is 24.3 Å². The van der Waals surface area contributed by atoms with Gasteiger partial charge in [-0.25, -0.2) is 0 Å². The summed E-state index contributed by atoms with van der Waals surface area (Å²) >= 11 is 0. The van der Waals surface area contributed by atoms with Crippen molar-refractivity contribution in [3.05, 3.63) is 35.5 Å². The standard InChI is InChI=1S/C18H24N2O4.Na.H/c1-6-18(3,7-2)14-11-15(24-20-14)19-17(21)16-12(22-4)9-8-10-13(16)23-5;;/h8-11H,6-7H2,1-5H3,(H,19,21);;. The van der Waals surface area contributed by atoms with E-state index in [9.17, 15) is 4.79 Å². The maximum atomic E-state index is 12.6. The SMILES string of the molecule is CCC(C)(CC)c1cc(NC(=O)c2c(OC)cccc2OC)on1.[NaH]. The Balaban J connectivity index is 0.00000312. The van der Waals surface area contributed by atoms with Gasteiger partial charge < -0.3 is 14.0 Å². The molecule has 0 spiro atoms. The number of nitrogens with zero attached hydrogens (tertiary/aromatic N) is 1. The molecule has 0 aliphatic rings. The second kappa shape index (κ2) is 9.27. The van der Waals surface area contributed by atoms with Gasteiger partial charge in [0.15, 0.2) is 0 Å². The first-order chi connectivity index (χ1) is 11.5. The molecule has 25 heavy (non-hydrogen) atoms. The normalized spacial score (nSPS) is 10.8. The molecule has 6 nitrogen and oxygen atoms in total. The Morgan fingerprint density at radius 3 is 2.24 bits per heavy atom. The minimum absolute atomic E-state index is 0. The summed E-state index contributed by atoms with van der Waals surface area (Å²) in [7, 11) is 3.01. The molecule has 0 atom stereocenters. The van der Waals surface area contributed by atoms with Crippen LogP contribution >= 0.6 is 0 Å². The van der Waals surface area contributed by atoms with Crippen LogP contribution in [0.25, 0.3) is 0 Å². The summed E-state index contributed by atoms with van der Waals surface area (Å²) in [5.74, 6) is 0.787. The quantitative estimate of drug-likeness (QED) is 0.770. The van der Waals surface area contributed by atoms with Crippen molar-refractivity contribution >= 4 is 41.3 Å². The van der Waals surface area contributed by atoms with Crippen molar-refractivity contribution in [2.24, 2.45) is 0 Å². The molecule has 1 N–H and O–H groups in total. The molecule has 1 amide bonds. The summed E-state index contributed by atoms with van der Waals surface area (Å²) in [6, 6.07) is 6.94. The summed E-state index contributed by atoms with van der Waals surface area (Å²) in [5, 5.41) is 6.83. The van der Waals surface area contributed by atoms with Crippen LogP contribution in [0.5, 0.6) is 11.5 Å². The summed E-state index contributed by atoms with van der Waals surface area (Å²) in [5.41, 5.74) is 1.07. The Labute approximate surface area is 170 Å². The van der Waals surface area contributed by atoms with E-state index in [1.165, 1.54) is 14.2 Å². The van der Waals surface area contributed by atoms with Gasteiger partial charge in [-0.15, -0.1) is 0 Å². The van der Waals surface area contributed by atoms with Crippen molar-refractivity contribution in [2.75, 3.05) is 19.5 Å². The molecule has 0 fully saturated rings. The summed E-state index contributed by atoms with van der Waals surface area (Å²) in [6.45, 7) is 6.34. The molecule has 7 heteroatoms. The number of carbonyl (C=O) groups excluding carboxylic acids is 1. The number of methoxy groups -OCH3 is 2. The molecule has 0 unspecified atom stereocenters. The third-order valence-electron chi connectivity index (χ3n) is 4.58. The molecule has 2 rings (SSSR count). The van der Waals surface area contributed by atoms with Crippen LogP contribution in [0.1, 0.15) is 49.7 Å². The van der Waals surface area contributed by atoms with E-state index in [0.29, 0.717) is 22.9 Å². The van der Waals surface area contributed by atoms with Gasteiger partial charge in [-0.3, -0.25) is 10.1 Å². The minimum atomic E-state index is -0.373. The van der Waals surface area contributed by atoms with Crippen LogP contribution in [0.15, 0.2) is 28.8 Å². The molecule has 1 aromatic carbocycles. The number of carbonyl (C=O) groups is 1. The molecule has 0 aliphatic carbocycles. The molecule has 0 saturated carbocycles. The number of aromatic nitrogens is 1. The van der Waals surface area contributed by atoms with Crippen LogP contribution in [-0.2, 0) is 5.41 Å². The van der Waals surface area contributed by atoms with Crippen molar-refractivity contribution in [3.8, 4) is 11.5 Å². The second-order valence-corrected chi connectivity index (χ2v) is 5.84. The van der Waals surface area contributed by atoms with Crippen molar-refractivity contribution in [3.63, 3.8) is 0 Å². The molecular weight excluding hydrogens is 331 g/mol. The van der Waals surface area contributed by atoms with Crippen molar-refractivity contribution < 1.29 is 18.8 Å². The van der Waals surface area contributed by atoms with Gasteiger partial charge in [-0.1, -0.05) is 32.0 Å². The molecule has 132 valence electrons. The molecule has 0 aliphatic heterocycles. The van der Waals surface area contributed by atoms with E-state index in [1.807, 2.05) is 0 Å². The Hall–Kier alpha value is -1.50. The predicted molar refractivity (Wildman–Crippen MR) is 99.1 cm³/mol. The average Bonchev–Trinajstić information content (AvgIpc) is 3.09. The van der Waals surface area contributed by atoms with Gasteiger partial charge in [-0.05, 0) is 25.0 Å².